The Morgan fingerprint density at radius 2 is 2.15 bits per heavy atom. The molecule has 0 atom stereocenters. The molecule has 0 aliphatic rings. The van der Waals surface area contributed by atoms with Crippen molar-refractivity contribution in [3.8, 4) is 17.0 Å². The average molecular weight is 273 g/mol. The van der Waals surface area contributed by atoms with E-state index in [2.05, 4.69) is 42.1 Å². The number of imidazole rings is 1. The van der Waals surface area contributed by atoms with Gasteiger partial charge in [0.15, 0.2) is 0 Å². The average Bonchev–Trinajstić information content (AvgIpc) is 2.87. The minimum atomic E-state index is 0.501. The van der Waals surface area contributed by atoms with Gasteiger partial charge in [-0.2, -0.15) is 0 Å². The third kappa shape index (κ3) is 3.61. The van der Waals surface area contributed by atoms with Crippen molar-refractivity contribution in [1.82, 2.24) is 15.3 Å². The molecule has 20 heavy (non-hydrogen) atoms. The van der Waals surface area contributed by atoms with Crippen LogP contribution in [0.1, 0.15) is 25.2 Å². The molecule has 0 aliphatic heterocycles. The maximum absolute atomic E-state index is 5.42. The number of aromatic amines is 1. The van der Waals surface area contributed by atoms with Crippen LogP contribution in [0.5, 0.6) is 5.75 Å². The SMILES string of the molecule is COc1ccc(C)cc1-c1cnc(CCNC(C)C)[nH]1. The highest BCUT2D eigenvalue weighted by Gasteiger charge is 2.09. The van der Waals surface area contributed by atoms with Crippen LogP contribution < -0.4 is 10.1 Å². The summed E-state index contributed by atoms with van der Waals surface area (Å²) in [5.41, 5.74) is 3.27. The number of methoxy groups -OCH3 is 1. The normalized spacial score (nSPS) is 11.1. The highest BCUT2D eigenvalue weighted by molar-refractivity contribution is 5.67. The molecule has 108 valence electrons. The molecular weight excluding hydrogens is 250 g/mol. The Hall–Kier alpha value is -1.81. The second-order valence-electron chi connectivity index (χ2n) is 5.31. The molecule has 1 heterocycles. The Balaban J connectivity index is 2.14. The molecule has 0 aliphatic carbocycles. The first kappa shape index (κ1) is 14.6. The van der Waals surface area contributed by atoms with E-state index in [9.17, 15) is 0 Å². The van der Waals surface area contributed by atoms with E-state index in [1.54, 1.807) is 7.11 Å². The topological polar surface area (TPSA) is 49.9 Å². The Bertz CT molecular complexity index is 561. The van der Waals surface area contributed by atoms with E-state index in [-0.39, 0.29) is 0 Å². The van der Waals surface area contributed by atoms with E-state index in [0.717, 1.165) is 35.8 Å². The number of aromatic nitrogens is 2. The van der Waals surface area contributed by atoms with Crippen molar-refractivity contribution in [1.29, 1.82) is 0 Å². The van der Waals surface area contributed by atoms with E-state index in [1.165, 1.54) is 5.56 Å². The fourth-order valence-corrected chi connectivity index (χ4v) is 2.14. The molecule has 0 spiro atoms. The van der Waals surface area contributed by atoms with E-state index in [4.69, 9.17) is 4.74 Å². The lowest BCUT2D eigenvalue weighted by Crippen LogP contribution is -2.25. The summed E-state index contributed by atoms with van der Waals surface area (Å²) >= 11 is 0. The van der Waals surface area contributed by atoms with Crippen LogP contribution in [0.25, 0.3) is 11.3 Å². The van der Waals surface area contributed by atoms with Crippen LogP contribution in [0.4, 0.5) is 0 Å². The van der Waals surface area contributed by atoms with Crippen molar-refractivity contribution in [2.24, 2.45) is 0 Å². The molecule has 4 nitrogen and oxygen atoms in total. The molecule has 2 aromatic rings. The number of hydrogen-bond donors (Lipinski definition) is 2. The minimum absolute atomic E-state index is 0.501. The monoisotopic (exact) mass is 273 g/mol. The third-order valence-electron chi connectivity index (χ3n) is 3.19. The van der Waals surface area contributed by atoms with Gasteiger partial charge in [-0.3, -0.25) is 0 Å². The molecule has 0 saturated carbocycles. The Labute approximate surface area is 120 Å². The summed E-state index contributed by atoms with van der Waals surface area (Å²) in [5.74, 6) is 1.86. The number of aryl methyl sites for hydroxylation is 1. The van der Waals surface area contributed by atoms with Crippen LogP contribution in [0, 0.1) is 6.92 Å². The third-order valence-corrected chi connectivity index (χ3v) is 3.19. The van der Waals surface area contributed by atoms with Crippen molar-refractivity contribution in [2.45, 2.75) is 33.2 Å². The van der Waals surface area contributed by atoms with E-state index >= 15 is 0 Å². The largest absolute Gasteiger partial charge is 0.496 e. The summed E-state index contributed by atoms with van der Waals surface area (Å²) in [6.07, 6.45) is 2.77. The lowest BCUT2D eigenvalue weighted by atomic mass is 10.1. The molecule has 4 heteroatoms. The Kier molecular flexibility index (Phi) is 4.79. The van der Waals surface area contributed by atoms with Crippen molar-refractivity contribution in [2.75, 3.05) is 13.7 Å². The maximum atomic E-state index is 5.42. The first-order valence-corrected chi connectivity index (χ1v) is 7.02. The van der Waals surface area contributed by atoms with Crippen LogP contribution in [0.2, 0.25) is 0 Å². The van der Waals surface area contributed by atoms with Crippen LogP contribution in [0.3, 0.4) is 0 Å². The quantitative estimate of drug-likeness (QED) is 0.851. The lowest BCUT2D eigenvalue weighted by Gasteiger charge is -2.08. The second kappa shape index (κ2) is 6.57. The highest BCUT2D eigenvalue weighted by Crippen LogP contribution is 2.29. The van der Waals surface area contributed by atoms with Gasteiger partial charge >= 0.3 is 0 Å². The zero-order valence-electron chi connectivity index (χ0n) is 12.7. The summed E-state index contributed by atoms with van der Waals surface area (Å²) in [5, 5.41) is 3.39. The number of ether oxygens (including phenoxy) is 1. The number of benzene rings is 1. The predicted molar refractivity (Wildman–Crippen MR) is 82.2 cm³/mol. The van der Waals surface area contributed by atoms with E-state index in [1.807, 2.05) is 18.3 Å². The second-order valence-corrected chi connectivity index (χ2v) is 5.31. The zero-order chi connectivity index (χ0) is 14.5. The van der Waals surface area contributed by atoms with Gasteiger partial charge in [-0.1, -0.05) is 25.5 Å². The molecule has 0 unspecified atom stereocenters. The van der Waals surface area contributed by atoms with E-state index in [0.29, 0.717) is 6.04 Å². The predicted octanol–water partition coefficient (Wildman–Crippen LogP) is 2.93. The van der Waals surface area contributed by atoms with Gasteiger partial charge < -0.3 is 15.0 Å². The number of rotatable bonds is 6. The molecule has 2 rings (SSSR count). The van der Waals surface area contributed by atoms with Gasteiger partial charge in [0.25, 0.3) is 0 Å². The molecule has 1 aromatic carbocycles. The Morgan fingerprint density at radius 3 is 2.85 bits per heavy atom. The molecule has 0 saturated heterocycles. The number of nitrogens with one attached hydrogen (secondary N) is 2. The van der Waals surface area contributed by atoms with Crippen LogP contribution in [0.15, 0.2) is 24.4 Å². The van der Waals surface area contributed by atoms with Crippen molar-refractivity contribution in [3.63, 3.8) is 0 Å². The molecule has 0 bridgehead atoms. The number of H-pyrrole nitrogens is 1. The summed E-state index contributed by atoms with van der Waals surface area (Å²) < 4.78 is 5.42. The molecular formula is C16H23N3O. The van der Waals surface area contributed by atoms with Gasteiger partial charge in [0, 0.05) is 24.6 Å². The minimum Gasteiger partial charge on any atom is -0.496 e. The molecule has 0 fully saturated rings. The van der Waals surface area contributed by atoms with E-state index < -0.39 is 0 Å². The van der Waals surface area contributed by atoms with Crippen molar-refractivity contribution >= 4 is 0 Å². The number of nitrogens with zero attached hydrogens (tertiary/aromatic N) is 1. The van der Waals surface area contributed by atoms with Crippen molar-refractivity contribution < 1.29 is 4.74 Å². The summed E-state index contributed by atoms with van der Waals surface area (Å²) in [6, 6.07) is 6.65. The van der Waals surface area contributed by atoms with Crippen LogP contribution >= 0.6 is 0 Å². The first-order valence-electron chi connectivity index (χ1n) is 7.02. The fourth-order valence-electron chi connectivity index (χ4n) is 2.14. The first-order chi connectivity index (χ1) is 9.60. The zero-order valence-corrected chi connectivity index (χ0v) is 12.7. The standard InChI is InChI=1S/C16H23N3O/c1-11(2)17-8-7-16-18-10-14(19-16)13-9-12(3)5-6-15(13)20-4/h5-6,9-11,17H,7-8H2,1-4H3,(H,18,19). The highest BCUT2D eigenvalue weighted by atomic mass is 16.5. The molecule has 0 radical (unpaired) electrons. The maximum Gasteiger partial charge on any atom is 0.128 e. The fraction of sp³-hybridized carbons (Fsp3) is 0.438. The van der Waals surface area contributed by atoms with Gasteiger partial charge in [0.05, 0.1) is 19.0 Å². The lowest BCUT2D eigenvalue weighted by molar-refractivity contribution is 0.416. The van der Waals surface area contributed by atoms with Crippen molar-refractivity contribution in [3.05, 3.63) is 35.8 Å². The van der Waals surface area contributed by atoms with Crippen LogP contribution in [-0.2, 0) is 6.42 Å². The summed E-state index contributed by atoms with van der Waals surface area (Å²) in [7, 11) is 1.69. The Morgan fingerprint density at radius 1 is 1.35 bits per heavy atom. The van der Waals surface area contributed by atoms with Gasteiger partial charge in [-0.05, 0) is 19.1 Å². The van der Waals surface area contributed by atoms with Gasteiger partial charge in [0.1, 0.15) is 11.6 Å². The number of hydrogen-bond acceptors (Lipinski definition) is 3. The molecule has 2 N–H and O–H groups in total. The van der Waals surface area contributed by atoms with Crippen LogP contribution in [-0.4, -0.2) is 29.7 Å². The molecule has 1 aromatic heterocycles. The smallest absolute Gasteiger partial charge is 0.128 e. The summed E-state index contributed by atoms with van der Waals surface area (Å²) in [4.78, 5) is 7.82. The van der Waals surface area contributed by atoms with Gasteiger partial charge in [-0.15, -0.1) is 0 Å². The van der Waals surface area contributed by atoms with Gasteiger partial charge in [-0.25, -0.2) is 4.98 Å². The molecule has 0 amide bonds. The summed E-state index contributed by atoms with van der Waals surface area (Å²) in [6.45, 7) is 7.29. The van der Waals surface area contributed by atoms with Gasteiger partial charge in [0.2, 0.25) is 0 Å².